The fourth-order valence-electron chi connectivity index (χ4n) is 6.83. The molecule has 0 aliphatic heterocycles. The van der Waals surface area contributed by atoms with E-state index in [2.05, 4.69) is 68.6 Å². The van der Waals surface area contributed by atoms with E-state index < -0.39 is 18.2 Å². The van der Waals surface area contributed by atoms with Crippen LogP contribution in [-0.2, 0) is 14.3 Å². The summed E-state index contributed by atoms with van der Waals surface area (Å²) < 4.78 is 5.84. The van der Waals surface area contributed by atoms with Crippen molar-refractivity contribution in [3.05, 3.63) is 48.6 Å². The molecule has 0 heterocycles. The molecule has 0 radical (unpaired) electrons. The molecule has 0 spiro atoms. The molecule has 0 bridgehead atoms. The van der Waals surface area contributed by atoms with E-state index in [0.717, 1.165) is 51.4 Å². The standard InChI is InChI=1S/C49H89NO5/c1-4-7-10-13-16-19-21-23-25-26-29-31-34-37-40-45(55-49(54)42-39-36-33-30-27-24-22-20-17-14-11-8-5-2)43-48(53)50-46(44-51)47(52)41-38-35-32-28-18-15-12-9-6-3/h24-27,29,31,33,36,45-47,51-52H,4-23,28,30,32,34-35,37-44H2,1-3H3,(H,50,53)/b26-25+,27-24-,31-29+,36-33+. The molecule has 0 aromatic heterocycles. The zero-order chi connectivity index (χ0) is 40.3. The van der Waals surface area contributed by atoms with Gasteiger partial charge in [0.05, 0.1) is 25.2 Å². The van der Waals surface area contributed by atoms with E-state index in [9.17, 15) is 19.8 Å². The number of aliphatic hydroxyl groups excluding tert-OH is 2. The fourth-order valence-corrected chi connectivity index (χ4v) is 6.83. The Kier molecular flexibility index (Phi) is 41.2. The molecular formula is C49H89NO5. The SMILES string of the molecule is CCCCCCCC/C=C\C/C=C/CCC(=O)OC(CCC/C=C/C=C/CCCCCCCCC)CC(=O)NC(CO)C(O)CCCCCCCCCCC. The van der Waals surface area contributed by atoms with Crippen LogP contribution >= 0.6 is 0 Å². The zero-order valence-electron chi connectivity index (χ0n) is 36.3. The number of ether oxygens (including phenoxy) is 1. The third-order valence-corrected chi connectivity index (χ3v) is 10.4. The molecule has 320 valence electrons. The Hall–Kier alpha value is -2.18. The van der Waals surface area contributed by atoms with Crippen molar-refractivity contribution in [1.82, 2.24) is 5.32 Å². The first kappa shape index (κ1) is 52.8. The average Bonchev–Trinajstić information content (AvgIpc) is 3.18. The molecule has 0 aliphatic carbocycles. The third kappa shape index (κ3) is 38.5. The van der Waals surface area contributed by atoms with Crippen LogP contribution in [0.5, 0.6) is 0 Å². The Morgan fingerprint density at radius 3 is 1.53 bits per heavy atom. The van der Waals surface area contributed by atoms with Crippen LogP contribution in [0.15, 0.2) is 48.6 Å². The second kappa shape index (κ2) is 43.0. The lowest BCUT2D eigenvalue weighted by molar-refractivity contribution is -0.150. The van der Waals surface area contributed by atoms with E-state index in [1.807, 2.05) is 6.08 Å². The maximum absolute atomic E-state index is 13.1. The van der Waals surface area contributed by atoms with E-state index in [0.29, 0.717) is 19.3 Å². The first-order valence-corrected chi connectivity index (χ1v) is 23.4. The predicted molar refractivity (Wildman–Crippen MR) is 236 cm³/mol. The number of nitrogens with one attached hydrogen (secondary N) is 1. The maximum atomic E-state index is 13.1. The summed E-state index contributed by atoms with van der Waals surface area (Å²) in [6, 6.07) is -0.723. The minimum atomic E-state index is -0.805. The first-order valence-electron chi connectivity index (χ1n) is 23.4. The Morgan fingerprint density at radius 2 is 1.00 bits per heavy atom. The minimum Gasteiger partial charge on any atom is -0.462 e. The summed E-state index contributed by atoms with van der Waals surface area (Å²) in [4.78, 5) is 25.9. The molecule has 3 unspecified atom stereocenters. The number of aliphatic hydroxyl groups is 2. The van der Waals surface area contributed by atoms with Gasteiger partial charge < -0.3 is 20.3 Å². The van der Waals surface area contributed by atoms with Crippen LogP contribution in [0, 0.1) is 0 Å². The Morgan fingerprint density at radius 1 is 0.545 bits per heavy atom. The van der Waals surface area contributed by atoms with Gasteiger partial charge >= 0.3 is 5.97 Å². The number of unbranched alkanes of at least 4 members (excludes halogenated alkanes) is 22. The number of rotatable bonds is 41. The van der Waals surface area contributed by atoms with Gasteiger partial charge in [-0.3, -0.25) is 9.59 Å². The summed E-state index contributed by atoms with van der Waals surface area (Å²) >= 11 is 0. The number of hydrogen-bond acceptors (Lipinski definition) is 5. The van der Waals surface area contributed by atoms with Gasteiger partial charge in [-0.15, -0.1) is 0 Å². The summed E-state index contributed by atoms with van der Waals surface area (Å²) in [6.07, 6.45) is 50.4. The number of carbonyl (C=O) groups excluding carboxylic acids is 2. The van der Waals surface area contributed by atoms with Crippen LogP contribution in [0.25, 0.3) is 0 Å². The van der Waals surface area contributed by atoms with Gasteiger partial charge in [0.1, 0.15) is 6.10 Å². The van der Waals surface area contributed by atoms with E-state index in [1.54, 1.807) is 0 Å². The number of allylic oxidation sites excluding steroid dienone is 8. The molecule has 6 nitrogen and oxygen atoms in total. The highest BCUT2D eigenvalue weighted by atomic mass is 16.5. The molecule has 3 N–H and O–H groups in total. The summed E-state index contributed by atoms with van der Waals surface area (Å²) in [5.41, 5.74) is 0. The van der Waals surface area contributed by atoms with Crippen molar-refractivity contribution in [3.63, 3.8) is 0 Å². The molecule has 0 rings (SSSR count). The van der Waals surface area contributed by atoms with Crippen LogP contribution in [0.2, 0.25) is 0 Å². The molecule has 0 aromatic rings. The molecule has 0 fully saturated rings. The molecule has 6 heteroatoms. The van der Waals surface area contributed by atoms with Crippen molar-refractivity contribution >= 4 is 11.9 Å². The molecule has 0 saturated carbocycles. The van der Waals surface area contributed by atoms with Crippen LogP contribution in [0.4, 0.5) is 0 Å². The lowest BCUT2D eigenvalue weighted by Gasteiger charge is -2.24. The lowest BCUT2D eigenvalue weighted by atomic mass is 10.0. The van der Waals surface area contributed by atoms with Gasteiger partial charge in [-0.2, -0.15) is 0 Å². The third-order valence-electron chi connectivity index (χ3n) is 10.4. The van der Waals surface area contributed by atoms with Crippen LogP contribution in [0.3, 0.4) is 0 Å². The summed E-state index contributed by atoms with van der Waals surface area (Å²) in [5, 5.41) is 23.6. The van der Waals surface area contributed by atoms with E-state index in [-0.39, 0.29) is 31.3 Å². The number of carbonyl (C=O) groups is 2. The summed E-state index contributed by atoms with van der Waals surface area (Å²) in [5.74, 6) is -0.603. The smallest absolute Gasteiger partial charge is 0.306 e. The molecule has 1 amide bonds. The minimum absolute atomic E-state index is 0.0221. The van der Waals surface area contributed by atoms with E-state index in [4.69, 9.17) is 4.74 Å². The summed E-state index contributed by atoms with van der Waals surface area (Å²) in [6.45, 7) is 6.41. The molecule has 0 aliphatic rings. The Labute approximate surface area is 340 Å². The monoisotopic (exact) mass is 772 g/mol. The molecule has 55 heavy (non-hydrogen) atoms. The van der Waals surface area contributed by atoms with Crippen molar-refractivity contribution in [3.8, 4) is 0 Å². The highest BCUT2D eigenvalue weighted by molar-refractivity contribution is 5.77. The van der Waals surface area contributed by atoms with Gasteiger partial charge in [-0.1, -0.05) is 198 Å². The molecule has 0 aromatic carbocycles. The average molecular weight is 772 g/mol. The van der Waals surface area contributed by atoms with Gasteiger partial charge in [0.2, 0.25) is 5.91 Å². The van der Waals surface area contributed by atoms with Crippen LogP contribution < -0.4 is 5.32 Å². The van der Waals surface area contributed by atoms with Crippen molar-refractivity contribution in [2.24, 2.45) is 0 Å². The van der Waals surface area contributed by atoms with Gasteiger partial charge in [0, 0.05) is 6.42 Å². The second-order valence-electron chi connectivity index (χ2n) is 15.8. The quantitative estimate of drug-likeness (QED) is 0.0249. The highest BCUT2D eigenvalue weighted by Crippen LogP contribution is 2.16. The van der Waals surface area contributed by atoms with Gasteiger partial charge in [-0.05, 0) is 64.2 Å². The number of amides is 1. The van der Waals surface area contributed by atoms with Crippen molar-refractivity contribution in [2.45, 2.75) is 244 Å². The normalized spacial score (nSPS) is 13.8. The van der Waals surface area contributed by atoms with Crippen molar-refractivity contribution < 1.29 is 24.5 Å². The fraction of sp³-hybridized carbons (Fsp3) is 0.796. The van der Waals surface area contributed by atoms with Crippen molar-refractivity contribution in [1.29, 1.82) is 0 Å². The van der Waals surface area contributed by atoms with Crippen LogP contribution in [-0.4, -0.2) is 46.9 Å². The first-order chi connectivity index (χ1) is 27.0. The largest absolute Gasteiger partial charge is 0.462 e. The molecule has 3 atom stereocenters. The highest BCUT2D eigenvalue weighted by Gasteiger charge is 2.23. The van der Waals surface area contributed by atoms with E-state index >= 15 is 0 Å². The summed E-state index contributed by atoms with van der Waals surface area (Å²) in [7, 11) is 0. The topological polar surface area (TPSA) is 95.9 Å². The lowest BCUT2D eigenvalue weighted by Crippen LogP contribution is -2.46. The Balaban J connectivity index is 4.76. The van der Waals surface area contributed by atoms with Gasteiger partial charge in [0.15, 0.2) is 0 Å². The maximum Gasteiger partial charge on any atom is 0.306 e. The molecule has 0 saturated heterocycles. The van der Waals surface area contributed by atoms with E-state index in [1.165, 1.54) is 122 Å². The van der Waals surface area contributed by atoms with Crippen LogP contribution in [0.1, 0.15) is 226 Å². The second-order valence-corrected chi connectivity index (χ2v) is 15.8. The number of esters is 1. The Bertz CT molecular complexity index is 957. The predicted octanol–water partition coefficient (Wildman–Crippen LogP) is 13.5. The van der Waals surface area contributed by atoms with Gasteiger partial charge in [0.25, 0.3) is 0 Å². The van der Waals surface area contributed by atoms with Crippen molar-refractivity contribution in [2.75, 3.05) is 6.61 Å². The molecular weight excluding hydrogens is 683 g/mol. The zero-order valence-corrected chi connectivity index (χ0v) is 36.3. The number of hydrogen-bond donors (Lipinski definition) is 3. The van der Waals surface area contributed by atoms with Gasteiger partial charge in [-0.25, -0.2) is 0 Å².